The van der Waals surface area contributed by atoms with Crippen molar-refractivity contribution in [2.75, 3.05) is 7.11 Å². The van der Waals surface area contributed by atoms with E-state index in [1.165, 1.54) is 5.01 Å². The maximum absolute atomic E-state index is 12.2. The van der Waals surface area contributed by atoms with Gasteiger partial charge in [-0.25, -0.2) is 5.01 Å². The zero-order valence-electron chi connectivity index (χ0n) is 13.1. The highest BCUT2D eigenvalue weighted by atomic mass is 35.5. The van der Waals surface area contributed by atoms with Gasteiger partial charge in [-0.2, -0.15) is 0 Å². The van der Waals surface area contributed by atoms with E-state index in [9.17, 15) is 9.59 Å². The fourth-order valence-electron chi connectivity index (χ4n) is 2.65. The molecule has 1 fully saturated rings. The summed E-state index contributed by atoms with van der Waals surface area (Å²) in [5, 5.41) is 0.612. The third-order valence-electron chi connectivity index (χ3n) is 3.94. The molecule has 1 N–H and O–H groups in total. The number of hydrogen-bond donors (Lipinski definition) is 1. The minimum absolute atomic E-state index is 0.201. The molecule has 1 aliphatic rings. The van der Waals surface area contributed by atoms with Crippen LogP contribution in [0.25, 0.3) is 0 Å². The van der Waals surface area contributed by atoms with E-state index in [4.69, 9.17) is 16.3 Å². The molecule has 0 unspecified atom stereocenters. The topological polar surface area (TPSA) is 58.6 Å². The third kappa shape index (κ3) is 3.21. The highest BCUT2D eigenvalue weighted by Crippen LogP contribution is 2.37. The number of hydrazine groups is 1. The fourth-order valence-corrected chi connectivity index (χ4v) is 3.02. The van der Waals surface area contributed by atoms with Gasteiger partial charge in [0, 0.05) is 0 Å². The molecule has 3 rings (SSSR count). The minimum Gasteiger partial charge on any atom is -0.497 e. The Kier molecular flexibility index (Phi) is 4.71. The Bertz CT molecular complexity index is 734. The molecule has 2 amide bonds. The highest BCUT2D eigenvalue weighted by Gasteiger charge is 2.48. The summed E-state index contributed by atoms with van der Waals surface area (Å²) in [6, 6.07) is 16.2. The van der Waals surface area contributed by atoms with Crippen LogP contribution < -0.4 is 10.2 Å². The number of halogens is 1. The van der Waals surface area contributed by atoms with Gasteiger partial charge in [-0.3, -0.25) is 15.0 Å². The standard InChI is InChI=1S/C18H17ClN2O3/c1-24-14-9-7-13(8-10-14)17-16(19)18(23)21(17)20-15(22)11-12-5-3-2-4-6-12/h2-10,16-17H,11H2,1H3,(H,20,22)/t16-,17-/m0/s1. The van der Waals surface area contributed by atoms with Crippen LogP contribution in [0.15, 0.2) is 54.6 Å². The lowest BCUT2D eigenvalue weighted by molar-refractivity contribution is -0.156. The molecule has 5 nitrogen and oxygen atoms in total. The molecule has 1 saturated heterocycles. The SMILES string of the molecule is COc1ccc([C@H]2[C@H](Cl)C(=O)N2NC(=O)Cc2ccccc2)cc1. The molecule has 6 heteroatoms. The monoisotopic (exact) mass is 344 g/mol. The predicted octanol–water partition coefficient (Wildman–Crippen LogP) is 2.46. The highest BCUT2D eigenvalue weighted by molar-refractivity contribution is 6.33. The van der Waals surface area contributed by atoms with Crippen LogP contribution in [0, 0.1) is 0 Å². The predicted molar refractivity (Wildman–Crippen MR) is 90.5 cm³/mol. The first-order valence-electron chi connectivity index (χ1n) is 7.54. The van der Waals surface area contributed by atoms with Crippen molar-refractivity contribution in [1.29, 1.82) is 0 Å². The number of benzene rings is 2. The van der Waals surface area contributed by atoms with Crippen molar-refractivity contribution < 1.29 is 14.3 Å². The maximum atomic E-state index is 12.2. The molecular weight excluding hydrogens is 328 g/mol. The molecular formula is C18H17ClN2O3. The lowest BCUT2D eigenvalue weighted by Crippen LogP contribution is -2.63. The van der Waals surface area contributed by atoms with Gasteiger partial charge in [0.05, 0.1) is 13.5 Å². The van der Waals surface area contributed by atoms with Gasteiger partial charge in [0.1, 0.15) is 17.2 Å². The maximum Gasteiger partial charge on any atom is 0.262 e. The van der Waals surface area contributed by atoms with Crippen LogP contribution >= 0.6 is 11.6 Å². The average molecular weight is 345 g/mol. The van der Waals surface area contributed by atoms with Gasteiger partial charge < -0.3 is 4.74 Å². The van der Waals surface area contributed by atoms with Crippen LogP contribution in [0.3, 0.4) is 0 Å². The van der Waals surface area contributed by atoms with Crippen LogP contribution in [0.4, 0.5) is 0 Å². The van der Waals surface area contributed by atoms with Crippen LogP contribution in [-0.4, -0.2) is 29.3 Å². The van der Waals surface area contributed by atoms with E-state index in [1.807, 2.05) is 42.5 Å². The lowest BCUT2D eigenvalue weighted by Gasteiger charge is -2.44. The van der Waals surface area contributed by atoms with Crippen molar-refractivity contribution in [3.8, 4) is 5.75 Å². The third-order valence-corrected chi connectivity index (χ3v) is 4.36. The smallest absolute Gasteiger partial charge is 0.262 e. The average Bonchev–Trinajstić information content (AvgIpc) is 2.62. The first-order valence-corrected chi connectivity index (χ1v) is 7.98. The first-order chi connectivity index (χ1) is 11.6. The Morgan fingerprint density at radius 1 is 1.17 bits per heavy atom. The number of hydrogen-bond acceptors (Lipinski definition) is 3. The molecule has 0 aliphatic carbocycles. The summed E-state index contributed by atoms with van der Waals surface area (Å²) in [6.07, 6.45) is 0.201. The van der Waals surface area contributed by atoms with Crippen molar-refractivity contribution in [2.45, 2.75) is 17.8 Å². The number of amides is 2. The van der Waals surface area contributed by atoms with E-state index >= 15 is 0 Å². The zero-order valence-corrected chi connectivity index (χ0v) is 13.9. The number of carbonyl (C=O) groups is 2. The van der Waals surface area contributed by atoms with Gasteiger partial charge >= 0.3 is 0 Å². The van der Waals surface area contributed by atoms with Crippen molar-refractivity contribution in [2.24, 2.45) is 0 Å². The molecule has 0 saturated carbocycles. The second-order valence-corrected chi connectivity index (χ2v) is 6.00. The summed E-state index contributed by atoms with van der Waals surface area (Å²) in [4.78, 5) is 24.2. The van der Waals surface area contributed by atoms with Crippen molar-refractivity contribution in [1.82, 2.24) is 10.4 Å². The molecule has 2 aromatic rings. The van der Waals surface area contributed by atoms with Gasteiger partial charge in [0.25, 0.3) is 5.91 Å². The number of carbonyl (C=O) groups excluding carboxylic acids is 2. The summed E-state index contributed by atoms with van der Waals surface area (Å²) in [7, 11) is 1.59. The molecule has 0 bridgehead atoms. The van der Waals surface area contributed by atoms with Crippen molar-refractivity contribution in [3.63, 3.8) is 0 Å². The molecule has 2 atom stereocenters. The van der Waals surface area contributed by atoms with E-state index in [-0.39, 0.29) is 24.3 Å². The minimum atomic E-state index is -0.685. The van der Waals surface area contributed by atoms with Gasteiger partial charge in [0.2, 0.25) is 5.91 Å². The number of alkyl halides is 1. The summed E-state index contributed by atoms with van der Waals surface area (Å²) in [5.41, 5.74) is 4.38. The van der Waals surface area contributed by atoms with Crippen molar-refractivity contribution in [3.05, 3.63) is 65.7 Å². The van der Waals surface area contributed by atoms with Crippen LogP contribution in [0.5, 0.6) is 5.75 Å². The molecule has 24 heavy (non-hydrogen) atoms. The van der Waals surface area contributed by atoms with Crippen LogP contribution in [0.2, 0.25) is 0 Å². The van der Waals surface area contributed by atoms with Crippen LogP contribution in [-0.2, 0) is 16.0 Å². The summed E-state index contributed by atoms with van der Waals surface area (Å²) >= 11 is 6.14. The van der Waals surface area contributed by atoms with E-state index in [0.29, 0.717) is 0 Å². The number of nitrogens with one attached hydrogen (secondary N) is 1. The molecule has 1 heterocycles. The largest absolute Gasteiger partial charge is 0.497 e. The Morgan fingerprint density at radius 3 is 2.46 bits per heavy atom. The van der Waals surface area contributed by atoms with E-state index < -0.39 is 5.38 Å². The Balaban J connectivity index is 1.69. The van der Waals surface area contributed by atoms with Gasteiger partial charge in [0.15, 0.2) is 0 Å². The van der Waals surface area contributed by atoms with Crippen molar-refractivity contribution >= 4 is 23.4 Å². The number of nitrogens with zero attached hydrogens (tertiary/aromatic N) is 1. The van der Waals surface area contributed by atoms with Gasteiger partial charge in [-0.1, -0.05) is 42.5 Å². The number of β-lactam (4-membered cyclic amide) rings is 1. The molecule has 0 aromatic heterocycles. The molecule has 0 spiro atoms. The summed E-state index contributed by atoms with van der Waals surface area (Å²) in [6.45, 7) is 0. The second kappa shape index (κ2) is 6.93. The number of ether oxygens (including phenoxy) is 1. The Morgan fingerprint density at radius 2 is 1.83 bits per heavy atom. The lowest BCUT2D eigenvalue weighted by atomic mass is 9.95. The Labute approximate surface area is 145 Å². The van der Waals surface area contributed by atoms with E-state index in [1.54, 1.807) is 19.2 Å². The number of rotatable bonds is 5. The van der Waals surface area contributed by atoms with E-state index in [0.717, 1.165) is 16.9 Å². The van der Waals surface area contributed by atoms with E-state index in [2.05, 4.69) is 5.43 Å². The Hall–Kier alpha value is -2.53. The quantitative estimate of drug-likeness (QED) is 0.669. The molecule has 2 aromatic carbocycles. The summed E-state index contributed by atoms with van der Waals surface area (Å²) in [5.74, 6) is 0.158. The zero-order chi connectivity index (χ0) is 17.1. The summed E-state index contributed by atoms with van der Waals surface area (Å²) < 4.78 is 5.12. The molecule has 1 aliphatic heterocycles. The number of methoxy groups -OCH3 is 1. The molecule has 124 valence electrons. The second-order valence-electron chi connectivity index (χ2n) is 5.53. The fraction of sp³-hybridized carbons (Fsp3) is 0.222. The normalized spacial score (nSPS) is 19.6. The first kappa shape index (κ1) is 16.3. The molecule has 0 radical (unpaired) electrons. The van der Waals surface area contributed by atoms with Gasteiger partial charge in [-0.05, 0) is 23.3 Å². The van der Waals surface area contributed by atoms with Gasteiger partial charge in [-0.15, -0.1) is 11.6 Å². The van der Waals surface area contributed by atoms with Crippen LogP contribution in [0.1, 0.15) is 17.2 Å².